The third-order valence-electron chi connectivity index (χ3n) is 3.79. The summed E-state index contributed by atoms with van der Waals surface area (Å²) < 4.78 is 17.5. The smallest absolute Gasteiger partial charge is 0.240 e. The number of hydrogen-bond acceptors (Lipinski definition) is 3. The Labute approximate surface area is 126 Å². The van der Waals surface area contributed by atoms with Gasteiger partial charge in [-0.15, -0.1) is 0 Å². The molecular weight excluding hydrogens is 286 g/mol. The van der Waals surface area contributed by atoms with Crippen LogP contribution in [-0.2, 0) is 22.0 Å². The number of amides is 1. The van der Waals surface area contributed by atoms with E-state index in [0.717, 1.165) is 12.1 Å². The summed E-state index contributed by atoms with van der Waals surface area (Å²) in [5.74, 6) is 0.487. The quantitative estimate of drug-likeness (QED) is 0.876. The number of aryl methyl sites for hydroxylation is 1. The largest absolute Gasteiger partial charge is 0.468 e. The molecule has 0 bridgehead atoms. The second kappa shape index (κ2) is 5.48. The third kappa shape index (κ3) is 2.53. The van der Waals surface area contributed by atoms with Gasteiger partial charge in [0.1, 0.15) is 11.5 Å². The Bertz CT molecular complexity index is 707. The van der Waals surface area contributed by atoms with E-state index in [2.05, 4.69) is 0 Å². The predicted octanol–water partition coefficient (Wildman–Crippen LogP) is 2.67. The number of rotatable bonds is 3. The number of anilines is 1. The number of fused-ring (bicyclic) bond motifs is 1. The van der Waals surface area contributed by atoms with Crippen LogP contribution in [0.25, 0.3) is 0 Å². The zero-order valence-corrected chi connectivity index (χ0v) is 12.9. The molecule has 1 aromatic heterocycles. The first-order valence-corrected chi connectivity index (χ1v) is 8.22. The minimum atomic E-state index is -1.37. The molecule has 1 amide bonds. The molecule has 0 N–H and O–H groups in total. The Morgan fingerprint density at radius 1 is 1.38 bits per heavy atom. The number of para-hydroxylation sites is 1. The van der Waals surface area contributed by atoms with Crippen molar-refractivity contribution < 1.29 is 13.4 Å². The lowest BCUT2D eigenvalue weighted by Crippen LogP contribution is -2.38. The van der Waals surface area contributed by atoms with Crippen molar-refractivity contribution in [3.8, 4) is 0 Å². The average Bonchev–Trinajstić information content (AvgIpc) is 3.00. The summed E-state index contributed by atoms with van der Waals surface area (Å²) in [6, 6.07) is 9.66. The van der Waals surface area contributed by atoms with E-state index >= 15 is 0 Å². The Kier molecular flexibility index (Phi) is 3.68. The number of furan rings is 1. The van der Waals surface area contributed by atoms with Crippen molar-refractivity contribution in [2.45, 2.75) is 31.2 Å². The Hall–Kier alpha value is -1.88. The standard InChI is InChI=1S/C16H17NO3S/c1-11-9-13-5-3-4-6-14(13)17(11)16(18)10-21(19)15-7-8-20-12(15)2/h3-8,11H,9-10H2,1-2H3. The van der Waals surface area contributed by atoms with Gasteiger partial charge < -0.3 is 9.32 Å². The summed E-state index contributed by atoms with van der Waals surface area (Å²) in [7, 11) is -1.37. The van der Waals surface area contributed by atoms with Gasteiger partial charge in [0.15, 0.2) is 0 Å². The maximum Gasteiger partial charge on any atom is 0.240 e. The van der Waals surface area contributed by atoms with E-state index in [1.807, 2.05) is 31.2 Å². The molecule has 2 unspecified atom stereocenters. The van der Waals surface area contributed by atoms with Crippen molar-refractivity contribution in [1.29, 1.82) is 0 Å². The molecule has 2 aromatic rings. The van der Waals surface area contributed by atoms with Crippen LogP contribution in [-0.4, -0.2) is 21.9 Å². The number of carbonyl (C=O) groups excluding carboxylic acids is 1. The Balaban J connectivity index is 1.80. The molecule has 0 saturated heterocycles. The van der Waals surface area contributed by atoms with E-state index in [0.29, 0.717) is 10.7 Å². The van der Waals surface area contributed by atoms with Crippen molar-refractivity contribution in [3.63, 3.8) is 0 Å². The topological polar surface area (TPSA) is 50.5 Å². The first kappa shape index (κ1) is 14.1. The van der Waals surface area contributed by atoms with E-state index in [9.17, 15) is 9.00 Å². The highest BCUT2D eigenvalue weighted by Gasteiger charge is 2.31. The van der Waals surface area contributed by atoms with Gasteiger partial charge in [-0.3, -0.25) is 9.00 Å². The summed E-state index contributed by atoms with van der Waals surface area (Å²) in [5, 5.41) is 0. The van der Waals surface area contributed by atoms with Gasteiger partial charge >= 0.3 is 0 Å². The molecule has 2 heterocycles. The van der Waals surface area contributed by atoms with E-state index in [-0.39, 0.29) is 17.7 Å². The Morgan fingerprint density at radius 2 is 2.14 bits per heavy atom. The molecule has 2 atom stereocenters. The molecule has 21 heavy (non-hydrogen) atoms. The van der Waals surface area contributed by atoms with Gasteiger partial charge in [0.25, 0.3) is 0 Å². The number of nitrogens with zero attached hydrogens (tertiary/aromatic N) is 1. The average molecular weight is 303 g/mol. The summed E-state index contributed by atoms with van der Waals surface area (Å²) in [5.41, 5.74) is 2.11. The molecule has 5 heteroatoms. The highest BCUT2D eigenvalue weighted by Crippen LogP contribution is 2.32. The van der Waals surface area contributed by atoms with Crippen molar-refractivity contribution in [1.82, 2.24) is 0 Å². The van der Waals surface area contributed by atoms with Crippen LogP contribution >= 0.6 is 0 Å². The van der Waals surface area contributed by atoms with Crippen LogP contribution in [0.2, 0.25) is 0 Å². The van der Waals surface area contributed by atoms with Crippen LogP contribution in [0.5, 0.6) is 0 Å². The fraction of sp³-hybridized carbons (Fsp3) is 0.312. The third-order valence-corrected chi connectivity index (χ3v) is 5.21. The van der Waals surface area contributed by atoms with Crippen LogP contribution in [0.4, 0.5) is 5.69 Å². The lowest BCUT2D eigenvalue weighted by molar-refractivity contribution is -0.116. The van der Waals surface area contributed by atoms with Gasteiger partial charge in [-0.05, 0) is 38.0 Å². The van der Waals surface area contributed by atoms with E-state index in [1.54, 1.807) is 17.9 Å². The molecule has 0 spiro atoms. The molecule has 0 radical (unpaired) electrons. The molecule has 1 aliphatic rings. The van der Waals surface area contributed by atoms with Crippen molar-refractivity contribution in [3.05, 3.63) is 47.9 Å². The SMILES string of the molecule is Cc1occc1S(=O)CC(=O)N1c2ccccc2CC1C. The highest BCUT2D eigenvalue weighted by atomic mass is 32.2. The first-order chi connectivity index (χ1) is 10.1. The summed E-state index contributed by atoms with van der Waals surface area (Å²) in [6.45, 7) is 3.77. The minimum absolute atomic E-state index is 0.0148. The lowest BCUT2D eigenvalue weighted by Gasteiger charge is -2.22. The molecule has 1 aliphatic heterocycles. The fourth-order valence-electron chi connectivity index (χ4n) is 2.81. The normalized spacial score (nSPS) is 18.6. The molecule has 4 nitrogen and oxygen atoms in total. The molecule has 0 fully saturated rings. The predicted molar refractivity (Wildman–Crippen MR) is 81.8 cm³/mol. The zero-order valence-electron chi connectivity index (χ0n) is 12.0. The summed E-state index contributed by atoms with van der Waals surface area (Å²) >= 11 is 0. The summed E-state index contributed by atoms with van der Waals surface area (Å²) in [4.78, 5) is 14.9. The van der Waals surface area contributed by atoms with Crippen LogP contribution in [0, 0.1) is 6.92 Å². The van der Waals surface area contributed by atoms with Crippen molar-refractivity contribution >= 4 is 22.4 Å². The zero-order chi connectivity index (χ0) is 15.0. The van der Waals surface area contributed by atoms with Gasteiger partial charge in [0, 0.05) is 11.7 Å². The Morgan fingerprint density at radius 3 is 2.86 bits per heavy atom. The number of hydrogen-bond donors (Lipinski definition) is 0. The second-order valence-electron chi connectivity index (χ2n) is 5.28. The molecule has 1 aromatic carbocycles. The summed E-state index contributed by atoms with van der Waals surface area (Å²) in [6.07, 6.45) is 2.35. The van der Waals surface area contributed by atoms with Gasteiger partial charge in [-0.1, -0.05) is 18.2 Å². The van der Waals surface area contributed by atoms with Crippen LogP contribution in [0.3, 0.4) is 0 Å². The fourth-order valence-corrected chi connectivity index (χ4v) is 3.91. The molecule has 0 saturated carbocycles. The lowest BCUT2D eigenvalue weighted by atomic mass is 10.1. The van der Waals surface area contributed by atoms with Crippen molar-refractivity contribution in [2.75, 3.05) is 10.7 Å². The van der Waals surface area contributed by atoms with Gasteiger partial charge in [0.05, 0.1) is 22.0 Å². The molecule has 110 valence electrons. The molecular formula is C16H17NO3S. The van der Waals surface area contributed by atoms with Crippen molar-refractivity contribution in [2.24, 2.45) is 0 Å². The van der Waals surface area contributed by atoms with Crippen LogP contribution < -0.4 is 4.90 Å². The highest BCUT2D eigenvalue weighted by molar-refractivity contribution is 7.85. The maximum atomic E-state index is 12.5. The molecule has 3 rings (SSSR count). The van der Waals surface area contributed by atoms with E-state index in [1.165, 1.54) is 11.8 Å². The minimum Gasteiger partial charge on any atom is -0.468 e. The van der Waals surface area contributed by atoms with Gasteiger partial charge in [0.2, 0.25) is 5.91 Å². The van der Waals surface area contributed by atoms with E-state index in [4.69, 9.17) is 4.42 Å². The van der Waals surface area contributed by atoms with Gasteiger partial charge in [-0.2, -0.15) is 0 Å². The van der Waals surface area contributed by atoms with Crippen LogP contribution in [0.15, 0.2) is 45.9 Å². The van der Waals surface area contributed by atoms with Gasteiger partial charge in [-0.25, -0.2) is 0 Å². The second-order valence-corrected chi connectivity index (χ2v) is 6.70. The van der Waals surface area contributed by atoms with Crippen LogP contribution in [0.1, 0.15) is 18.2 Å². The number of carbonyl (C=O) groups is 1. The molecule has 0 aliphatic carbocycles. The number of benzene rings is 1. The van der Waals surface area contributed by atoms with E-state index < -0.39 is 10.8 Å². The maximum absolute atomic E-state index is 12.5. The first-order valence-electron chi connectivity index (χ1n) is 6.90. The monoisotopic (exact) mass is 303 g/mol.